The van der Waals surface area contributed by atoms with Crippen molar-refractivity contribution in [3.8, 4) is 16.2 Å². The summed E-state index contributed by atoms with van der Waals surface area (Å²) in [5.74, 6) is 0.414. The first kappa shape index (κ1) is 24.7. The number of nitrogens with one attached hydrogen (secondary N) is 1. The Hall–Kier alpha value is -2.41. The molecule has 0 saturated carbocycles. The summed E-state index contributed by atoms with van der Waals surface area (Å²) in [6, 6.07) is 3.55. The topological polar surface area (TPSA) is 119 Å². The molecule has 2 aliphatic rings. The van der Waals surface area contributed by atoms with Crippen LogP contribution in [0.25, 0.3) is 10.4 Å². The van der Waals surface area contributed by atoms with E-state index in [-0.39, 0.29) is 19.0 Å². The Morgan fingerprint density at radius 2 is 2.09 bits per heavy atom. The van der Waals surface area contributed by atoms with Crippen molar-refractivity contribution in [2.45, 2.75) is 43.8 Å². The van der Waals surface area contributed by atoms with E-state index in [9.17, 15) is 13.2 Å². The minimum Gasteiger partial charge on any atom is -0.495 e. The van der Waals surface area contributed by atoms with Crippen LogP contribution in [-0.4, -0.2) is 61.6 Å². The maximum Gasteiger partial charge on any atom is 0.414 e. The predicted octanol–water partition coefficient (Wildman–Crippen LogP) is 3.57. The fraction of sp³-hybridized carbons (Fsp3) is 0.476. The number of pyridine rings is 1. The number of aromatic nitrogens is 1. The average Bonchev–Trinajstić information content (AvgIpc) is 3.36. The maximum absolute atomic E-state index is 13.4. The molecule has 10 nitrogen and oxygen atoms in total. The van der Waals surface area contributed by atoms with Crippen molar-refractivity contribution in [3.05, 3.63) is 34.4 Å². The Kier molecular flexibility index (Phi) is 6.30. The number of nitrogens with zero attached hydrogens (tertiary/aromatic N) is 3. The molecule has 184 valence electrons. The summed E-state index contributed by atoms with van der Waals surface area (Å²) in [5.41, 5.74) is -2.63. The minimum absolute atomic E-state index is 0.158. The standard InChI is InChI=1S/C21H25ClN4O6S2/c1-20(2,3)32-19(27)24-18-25-21(6-7-31-17(21)34(28,29)26(18)4)16-14(22)9-15(33-16)12-8-13(30-5)11-23-10-12/h8-11,17H,6-7H2,1-5H3,(H,24,25,27). The van der Waals surface area contributed by atoms with Gasteiger partial charge in [-0.3, -0.25) is 10.3 Å². The number of aliphatic imine (C=N–C) groups is 1. The van der Waals surface area contributed by atoms with Crippen molar-refractivity contribution in [1.82, 2.24) is 14.6 Å². The number of sulfonamides is 1. The highest BCUT2D eigenvalue weighted by Gasteiger charge is 2.59. The third kappa shape index (κ3) is 4.35. The van der Waals surface area contributed by atoms with Gasteiger partial charge in [-0.2, -0.15) is 0 Å². The number of halogens is 1. The maximum atomic E-state index is 13.4. The quantitative estimate of drug-likeness (QED) is 0.646. The van der Waals surface area contributed by atoms with Crippen LogP contribution in [-0.2, 0) is 25.0 Å². The van der Waals surface area contributed by atoms with Gasteiger partial charge in [-0.1, -0.05) is 11.6 Å². The molecule has 2 unspecified atom stereocenters. The van der Waals surface area contributed by atoms with Crippen LogP contribution in [0.3, 0.4) is 0 Å². The van der Waals surface area contributed by atoms with Crippen LogP contribution in [0.5, 0.6) is 5.75 Å². The summed E-state index contributed by atoms with van der Waals surface area (Å²) in [6.45, 7) is 5.28. The van der Waals surface area contributed by atoms with Gasteiger partial charge in [0.1, 0.15) is 16.9 Å². The number of guanidine groups is 1. The van der Waals surface area contributed by atoms with Gasteiger partial charge in [-0.05, 0) is 32.9 Å². The van der Waals surface area contributed by atoms with Crippen LogP contribution in [0.2, 0.25) is 5.02 Å². The molecule has 1 fully saturated rings. The zero-order chi connectivity index (χ0) is 24.9. The second kappa shape index (κ2) is 8.67. The molecule has 0 spiro atoms. The van der Waals surface area contributed by atoms with Crippen molar-refractivity contribution >= 4 is 45.0 Å². The lowest BCUT2D eigenvalue weighted by Crippen LogP contribution is -2.57. The molecule has 0 aliphatic carbocycles. The normalized spacial score (nSPS) is 23.8. The van der Waals surface area contributed by atoms with E-state index in [1.807, 2.05) is 6.07 Å². The van der Waals surface area contributed by atoms with Crippen molar-refractivity contribution in [3.63, 3.8) is 0 Å². The second-order valence-electron chi connectivity index (χ2n) is 8.85. The smallest absolute Gasteiger partial charge is 0.414 e. The Bertz CT molecular complexity index is 1260. The van der Waals surface area contributed by atoms with Crippen molar-refractivity contribution in [1.29, 1.82) is 0 Å². The Morgan fingerprint density at radius 3 is 2.76 bits per heavy atom. The number of ether oxygens (including phenoxy) is 3. The van der Waals surface area contributed by atoms with Gasteiger partial charge in [0.2, 0.25) is 11.4 Å². The lowest BCUT2D eigenvalue weighted by atomic mass is 9.97. The average molecular weight is 529 g/mol. The van der Waals surface area contributed by atoms with E-state index in [2.05, 4.69) is 10.3 Å². The molecule has 13 heteroatoms. The molecule has 1 N–H and O–H groups in total. The SMILES string of the molecule is COc1cncc(-c2cc(Cl)c(C34CCOC3S(=O)(=O)N(C)C(NC(=O)OC(C)(C)C)=N4)s2)c1. The Morgan fingerprint density at radius 1 is 1.35 bits per heavy atom. The van der Waals surface area contributed by atoms with Gasteiger partial charge in [0, 0.05) is 30.1 Å². The van der Waals surface area contributed by atoms with Gasteiger partial charge in [-0.15, -0.1) is 11.3 Å². The van der Waals surface area contributed by atoms with E-state index in [1.165, 1.54) is 18.4 Å². The molecule has 4 heterocycles. The number of alkyl carbamates (subject to hydrolysis) is 1. The highest BCUT2D eigenvalue weighted by Crippen LogP contribution is 2.52. The number of fused-ring (bicyclic) bond motifs is 1. The molecule has 1 saturated heterocycles. The zero-order valence-electron chi connectivity index (χ0n) is 19.3. The number of carbonyl (C=O) groups is 1. The molecule has 0 radical (unpaired) electrons. The van der Waals surface area contributed by atoms with Crippen LogP contribution >= 0.6 is 22.9 Å². The molecule has 2 atom stereocenters. The van der Waals surface area contributed by atoms with Crippen LogP contribution in [0.15, 0.2) is 29.5 Å². The molecule has 34 heavy (non-hydrogen) atoms. The third-order valence-electron chi connectivity index (χ3n) is 5.32. The fourth-order valence-electron chi connectivity index (χ4n) is 3.79. The first-order chi connectivity index (χ1) is 15.9. The Balaban J connectivity index is 1.81. The molecule has 2 aromatic heterocycles. The van der Waals surface area contributed by atoms with Gasteiger partial charge in [0.05, 0.1) is 29.8 Å². The van der Waals surface area contributed by atoms with Crippen LogP contribution < -0.4 is 10.1 Å². The van der Waals surface area contributed by atoms with Crippen LogP contribution in [0, 0.1) is 0 Å². The first-order valence-corrected chi connectivity index (χ1v) is 13.1. The number of rotatable bonds is 3. The highest BCUT2D eigenvalue weighted by molar-refractivity contribution is 7.90. The molecular weight excluding hydrogens is 504 g/mol. The summed E-state index contributed by atoms with van der Waals surface area (Å²) in [4.78, 5) is 22.6. The van der Waals surface area contributed by atoms with E-state index in [0.717, 1.165) is 14.7 Å². The summed E-state index contributed by atoms with van der Waals surface area (Å²) >= 11 is 7.94. The van der Waals surface area contributed by atoms with Gasteiger partial charge in [0.15, 0.2) is 0 Å². The lowest BCUT2D eigenvalue weighted by molar-refractivity contribution is 0.0557. The first-order valence-electron chi connectivity index (χ1n) is 10.4. The number of carbonyl (C=O) groups excluding carboxylic acids is 1. The van der Waals surface area contributed by atoms with E-state index in [1.54, 1.807) is 46.3 Å². The van der Waals surface area contributed by atoms with Gasteiger partial charge >= 0.3 is 6.09 Å². The van der Waals surface area contributed by atoms with E-state index in [4.69, 9.17) is 30.8 Å². The van der Waals surface area contributed by atoms with Crippen LogP contribution in [0.4, 0.5) is 4.79 Å². The number of hydrogen-bond donors (Lipinski definition) is 1. The molecule has 0 aromatic carbocycles. The monoisotopic (exact) mass is 528 g/mol. The van der Waals surface area contributed by atoms with Crippen LogP contribution in [0.1, 0.15) is 32.1 Å². The summed E-state index contributed by atoms with van der Waals surface area (Å²) in [7, 11) is -1.19. The van der Waals surface area contributed by atoms with Crippen molar-refractivity contribution in [2.24, 2.45) is 4.99 Å². The van der Waals surface area contributed by atoms with E-state index < -0.39 is 32.7 Å². The molecule has 4 rings (SSSR count). The van der Waals surface area contributed by atoms with E-state index >= 15 is 0 Å². The van der Waals surface area contributed by atoms with Crippen molar-refractivity contribution < 1.29 is 27.4 Å². The summed E-state index contributed by atoms with van der Waals surface area (Å²) in [5, 5.41) is 2.82. The number of methoxy groups -OCH3 is 1. The minimum atomic E-state index is -4.04. The number of amides is 1. The zero-order valence-corrected chi connectivity index (χ0v) is 21.7. The second-order valence-corrected chi connectivity index (χ2v) is 12.3. The highest BCUT2D eigenvalue weighted by atomic mass is 35.5. The van der Waals surface area contributed by atoms with E-state index in [0.29, 0.717) is 15.6 Å². The molecular formula is C21H25ClN4O6S2. The molecule has 1 amide bonds. The Labute approximate surface area is 206 Å². The lowest BCUT2D eigenvalue weighted by Gasteiger charge is -2.38. The van der Waals surface area contributed by atoms with Gasteiger partial charge in [-0.25, -0.2) is 22.5 Å². The largest absolute Gasteiger partial charge is 0.495 e. The third-order valence-corrected chi connectivity index (χ3v) is 9.09. The molecule has 0 bridgehead atoms. The predicted molar refractivity (Wildman–Crippen MR) is 129 cm³/mol. The molecule has 2 aromatic rings. The van der Waals surface area contributed by atoms with Gasteiger partial charge < -0.3 is 14.2 Å². The summed E-state index contributed by atoms with van der Waals surface area (Å²) in [6.07, 6.45) is 2.70. The van der Waals surface area contributed by atoms with Crippen molar-refractivity contribution in [2.75, 3.05) is 20.8 Å². The summed E-state index contributed by atoms with van der Waals surface area (Å²) < 4.78 is 43.9. The molecule has 2 aliphatic heterocycles. The van der Waals surface area contributed by atoms with Gasteiger partial charge in [0.25, 0.3) is 10.0 Å². The number of hydrogen-bond acceptors (Lipinski definition) is 9. The fourth-order valence-corrected chi connectivity index (χ4v) is 7.19. The number of thiophene rings is 1.